The maximum atomic E-state index is 13.7. The average Bonchev–Trinajstić information content (AvgIpc) is 2.87. The summed E-state index contributed by atoms with van der Waals surface area (Å²) in [6.45, 7) is 5.24. The third-order valence-electron chi connectivity index (χ3n) is 5.81. The first-order valence-electron chi connectivity index (χ1n) is 12.3. The summed E-state index contributed by atoms with van der Waals surface area (Å²) >= 11 is 0. The van der Waals surface area contributed by atoms with Crippen molar-refractivity contribution in [2.45, 2.75) is 45.4 Å². The number of anilines is 1. The zero-order chi connectivity index (χ0) is 28.7. The van der Waals surface area contributed by atoms with Crippen LogP contribution in [0.15, 0.2) is 60.7 Å². The number of nitrogens with one attached hydrogen (secondary N) is 2. The van der Waals surface area contributed by atoms with Crippen LogP contribution < -0.4 is 10.6 Å². The van der Waals surface area contributed by atoms with E-state index < -0.39 is 48.7 Å². The number of rotatable bonds is 8. The van der Waals surface area contributed by atoms with Crippen LogP contribution in [0.2, 0.25) is 0 Å². The molecule has 10 nitrogen and oxygen atoms in total. The van der Waals surface area contributed by atoms with E-state index in [1.807, 2.05) is 36.4 Å². The van der Waals surface area contributed by atoms with Crippen molar-refractivity contribution >= 4 is 34.4 Å². The smallest absolute Gasteiger partial charge is 0.408 e. The number of benzene rings is 3. The number of phenols is 1. The van der Waals surface area contributed by atoms with Crippen LogP contribution in [0, 0.1) is 18.3 Å². The van der Waals surface area contributed by atoms with Crippen molar-refractivity contribution in [3.05, 3.63) is 71.8 Å². The SMILES string of the molecule is Cc1cc(C(C(=O)Nc2ccc3ccccc3c2)N(CC#N)C(=O)C(CO)NC(=O)OC(C)(C)C)ccc1O. The first-order chi connectivity index (χ1) is 18.4. The van der Waals surface area contributed by atoms with E-state index in [-0.39, 0.29) is 5.75 Å². The molecule has 2 atom stereocenters. The van der Waals surface area contributed by atoms with Gasteiger partial charge in [-0.2, -0.15) is 5.26 Å². The number of nitrogens with zero attached hydrogens (tertiary/aromatic N) is 2. The van der Waals surface area contributed by atoms with E-state index in [0.29, 0.717) is 16.8 Å². The number of nitriles is 1. The van der Waals surface area contributed by atoms with E-state index >= 15 is 0 Å². The molecule has 2 unspecified atom stereocenters. The Hall–Kier alpha value is -4.62. The molecule has 0 aliphatic heterocycles. The summed E-state index contributed by atoms with van der Waals surface area (Å²) in [5.74, 6) is -1.51. The van der Waals surface area contributed by atoms with Crippen LogP contribution >= 0.6 is 0 Å². The fourth-order valence-electron chi connectivity index (χ4n) is 4.01. The van der Waals surface area contributed by atoms with E-state index in [9.17, 15) is 29.9 Å². The molecule has 0 saturated carbocycles. The van der Waals surface area contributed by atoms with Crippen LogP contribution in [0.4, 0.5) is 10.5 Å². The van der Waals surface area contributed by atoms with Gasteiger partial charge in [0.25, 0.3) is 5.91 Å². The molecule has 0 saturated heterocycles. The lowest BCUT2D eigenvalue weighted by molar-refractivity contribution is -0.140. The lowest BCUT2D eigenvalue weighted by Gasteiger charge is -2.32. The highest BCUT2D eigenvalue weighted by Gasteiger charge is 2.36. The van der Waals surface area contributed by atoms with Gasteiger partial charge in [0.2, 0.25) is 5.91 Å². The molecule has 0 aromatic heterocycles. The van der Waals surface area contributed by atoms with E-state index in [1.165, 1.54) is 18.2 Å². The highest BCUT2D eigenvalue weighted by atomic mass is 16.6. The van der Waals surface area contributed by atoms with E-state index in [1.54, 1.807) is 39.8 Å². The minimum atomic E-state index is -1.48. The summed E-state index contributed by atoms with van der Waals surface area (Å²) < 4.78 is 5.19. The topological polar surface area (TPSA) is 152 Å². The summed E-state index contributed by atoms with van der Waals surface area (Å²) in [5.41, 5.74) is 0.381. The number of carbonyl (C=O) groups excluding carboxylic acids is 3. The highest BCUT2D eigenvalue weighted by molar-refractivity contribution is 6.00. The third-order valence-corrected chi connectivity index (χ3v) is 5.81. The molecule has 10 heteroatoms. The van der Waals surface area contributed by atoms with Crippen LogP contribution in [-0.4, -0.2) is 57.8 Å². The van der Waals surface area contributed by atoms with Gasteiger partial charge in [-0.25, -0.2) is 4.79 Å². The number of alkyl carbamates (subject to hydrolysis) is 1. The number of hydrogen-bond donors (Lipinski definition) is 4. The molecular formula is C29H32N4O6. The Kier molecular flexibility index (Phi) is 9.12. The predicted molar refractivity (Wildman–Crippen MR) is 146 cm³/mol. The summed E-state index contributed by atoms with van der Waals surface area (Å²) in [4.78, 5) is 40.6. The van der Waals surface area contributed by atoms with E-state index in [4.69, 9.17) is 4.74 Å². The fraction of sp³-hybridized carbons (Fsp3) is 0.310. The second-order valence-electron chi connectivity index (χ2n) is 10.0. The number of aliphatic hydroxyl groups excluding tert-OH is 1. The molecule has 0 heterocycles. The number of amides is 3. The van der Waals surface area contributed by atoms with Gasteiger partial charge in [-0.15, -0.1) is 0 Å². The molecule has 0 bridgehead atoms. The molecule has 3 rings (SSSR count). The maximum Gasteiger partial charge on any atom is 0.408 e. The Morgan fingerprint density at radius 2 is 1.74 bits per heavy atom. The molecule has 3 amide bonds. The molecule has 39 heavy (non-hydrogen) atoms. The zero-order valence-electron chi connectivity index (χ0n) is 22.3. The Balaban J connectivity index is 2.00. The number of phenolic OH excluding ortho intramolecular Hbond substituents is 1. The monoisotopic (exact) mass is 532 g/mol. The fourth-order valence-corrected chi connectivity index (χ4v) is 4.01. The number of fused-ring (bicyclic) bond motifs is 1. The van der Waals surface area contributed by atoms with Gasteiger partial charge < -0.3 is 30.5 Å². The molecule has 3 aromatic rings. The van der Waals surface area contributed by atoms with Crippen molar-refractivity contribution in [2.24, 2.45) is 0 Å². The van der Waals surface area contributed by atoms with E-state index in [0.717, 1.165) is 15.7 Å². The average molecular weight is 533 g/mol. The Morgan fingerprint density at radius 1 is 1.05 bits per heavy atom. The Labute approximate surface area is 226 Å². The molecule has 0 aliphatic rings. The minimum Gasteiger partial charge on any atom is -0.508 e. The highest BCUT2D eigenvalue weighted by Crippen LogP contribution is 2.28. The van der Waals surface area contributed by atoms with Crippen LogP contribution in [-0.2, 0) is 14.3 Å². The van der Waals surface area contributed by atoms with E-state index in [2.05, 4.69) is 10.6 Å². The van der Waals surface area contributed by atoms with Gasteiger partial charge in [0.15, 0.2) is 0 Å². The van der Waals surface area contributed by atoms with Crippen molar-refractivity contribution < 1.29 is 29.3 Å². The number of aromatic hydroxyl groups is 1. The van der Waals surface area contributed by atoms with Crippen molar-refractivity contribution in [3.8, 4) is 11.8 Å². The van der Waals surface area contributed by atoms with Crippen LogP contribution in [0.5, 0.6) is 5.75 Å². The number of ether oxygens (including phenoxy) is 1. The number of aliphatic hydroxyl groups is 1. The van der Waals surface area contributed by atoms with Gasteiger partial charge in [0, 0.05) is 5.69 Å². The summed E-state index contributed by atoms with van der Waals surface area (Å²) in [6.07, 6.45) is -0.940. The molecule has 0 radical (unpaired) electrons. The minimum absolute atomic E-state index is 0.00887. The van der Waals surface area contributed by atoms with Crippen LogP contribution in [0.3, 0.4) is 0 Å². The lowest BCUT2D eigenvalue weighted by atomic mass is 10.00. The van der Waals surface area contributed by atoms with Crippen molar-refractivity contribution in [2.75, 3.05) is 18.5 Å². The van der Waals surface area contributed by atoms with Crippen LogP contribution in [0.25, 0.3) is 10.8 Å². The normalized spacial score (nSPS) is 12.6. The number of hydrogen-bond acceptors (Lipinski definition) is 7. The standard InChI is InChI=1S/C29H32N4O6/c1-18-15-21(10-12-24(18)35)25(26(36)31-22-11-9-19-7-5-6-8-20(19)16-22)33(14-13-30)27(37)23(17-34)32-28(38)39-29(2,3)4/h5-12,15-16,23,25,34-35H,14,17H2,1-4H3,(H,31,36)(H,32,38). The van der Waals surface area contributed by atoms with Crippen molar-refractivity contribution in [1.82, 2.24) is 10.2 Å². The zero-order valence-corrected chi connectivity index (χ0v) is 22.3. The van der Waals surface area contributed by atoms with Gasteiger partial charge in [-0.3, -0.25) is 9.59 Å². The van der Waals surface area contributed by atoms with Gasteiger partial charge >= 0.3 is 6.09 Å². The summed E-state index contributed by atoms with van der Waals surface area (Å²) in [6, 6.07) is 16.4. The second-order valence-corrected chi connectivity index (χ2v) is 10.0. The van der Waals surface area contributed by atoms with Crippen molar-refractivity contribution in [3.63, 3.8) is 0 Å². The summed E-state index contributed by atoms with van der Waals surface area (Å²) in [7, 11) is 0. The number of aryl methyl sites for hydroxylation is 1. The molecule has 204 valence electrons. The van der Waals surface area contributed by atoms with Gasteiger partial charge in [0.1, 0.15) is 30.0 Å². The maximum absolute atomic E-state index is 13.7. The lowest BCUT2D eigenvalue weighted by Crippen LogP contribution is -2.54. The molecule has 4 N–H and O–H groups in total. The molecule has 0 fully saturated rings. The van der Waals surface area contributed by atoms with Gasteiger partial charge in [-0.1, -0.05) is 36.4 Å². The quantitative estimate of drug-likeness (QED) is 0.322. The first-order valence-corrected chi connectivity index (χ1v) is 12.3. The number of carbonyl (C=O) groups is 3. The summed E-state index contributed by atoms with van der Waals surface area (Å²) in [5, 5.41) is 36.5. The third kappa shape index (κ3) is 7.46. The van der Waals surface area contributed by atoms with Gasteiger partial charge in [-0.05, 0) is 73.9 Å². The van der Waals surface area contributed by atoms with Crippen LogP contribution in [0.1, 0.15) is 37.9 Å². The Bertz CT molecular complexity index is 1410. The molecule has 0 aliphatic carbocycles. The largest absolute Gasteiger partial charge is 0.508 e. The Morgan fingerprint density at radius 3 is 2.36 bits per heavy atom. The molecule has 0 spiro atoms. The molecule has 3 aromatic carbocycles. The van der Waals surface area contributed by atoms with Crippen molar-refractivity contribution in [1.29, 1.82) is 5.26 Å². The van der Waals surface area contributed by atoms with Gasteiger partial charge in [0.05, 0.1) is 12.7 Å². The molecular weight excluding hydrogens is 500 g/mol. The first kappa shape index (κ1) is 28.9. The second kappa shape index (κ2) is 12.3. The predicted octanol–water partition coefficient (Wildman–Crippen LogP) is 3.77.